The van der Waals surface area contributed by atoms with Crippen molar-refractivity contribution >= 4 is 26.8 Å². The van der Waals surface area contributed by atoms with Crippen molar-refractivity contribution in [3.8, 4) is 23.0 Å². The van der Waals surface area contributed by atoms with E-state index in [1.807, 2.05) is 0 Å². The molecular weight excluding hydrogens is 358 g/mol. The van der Waals surface area contributed by atoms with Gasteiger partial charge in [-0.15, -0.1) is 0 Å². The summed E-state index contributed by atoms with van der Waals surface area (Å²) in [4.78, 5) is 4.21. The fourth-order valence-electron chi connectivity index (χ4n) is 2.35. The predicted molar refractivity (Wildman–Crippen MR) is 98.1 cm³/mol. The monoisotopic (exact) mass is 378 g/mol. The fourth-order valence-corrected chi connectivity index (χ4v) is 2.81. The van der Waals surface area contributed by atoms with Gasteiger partial charge in [0.25, 0.3) is 10.2 Å². The summed E-state index contributed by atoms with van der Waals surface area (Å²) in [5.74, 6) is 1.17. The topological polar surface area (TPSA) is 113 Å². The van der Waals surface area contributed by atoms with Gasteiger partial charge in [-0.25, -0.2) is 5.14 Å². The molecular formula is C17H17N3O5S. The molecule has 1 aromatic heterocycles. The highest BCUT2D eigenvalue weighted by atomic mass is 32.2. The lowest BCUT2D eigenvalue weighted by atomic mass is 10.2. The van der Waals surface area contributed by atoms with E-state index in [4.69, 9.17) is 23.5 Å². The van der Waals surface area contributed by atoms with Crippen molar-refractivity contribution in [1.82, 2.24) is 4.98 Å². The first-order valence-corrected chi connectivity index (χ1v) is 8.83. The highest BCUT2D eigenvalue weighted by Gasteiger charge is 2.12. The molecule has 0 bridgehead atoms. The number of nitrogens with one attached hydrogen (secondary N) is 1. The van der Waals surface area contributed by atoms with Crippen LogP contribution >= 0.6 is 0 Å². The molecule has 0 amide bonds. The maximum Gasteiger partial charge on any atom is 0.296 e. The molecule has 1 heterocycles. The average molecular weight is 378 g/mol. The van der Waals surface area contributed by atoms with Gasteiger partial charge in [0.05, 0.1) is 29.5 Å². The second kappa shape index (κ2) is 7.06. The van der Waals surface area contributed by atoms with Crippen LogP contribution in [-0.2, 0) is 10.2 Å². The van der Waals surface area contributed by atoms with Gasteiger partial charge in [0.15, 0.2) is 11.5 Å². The summed E-state index contributed by atoms with van der Waals surface area (Å²) in [5.41, 5.74) is 0.679. The molecule has 3 rings (SSSR count). The van der Waals surface area contributed by atoms with Crippen molar-refractivity contribution in [2.45, 2.75) is 0 Å². The lowest BCUT2D eigenvalue weighted by molar-refractivity contribution is 0.380. The zero-order valence-electron chi connectivity index (χ0n) is 16.6. The lowest BCUT2D eigenvalue weighted by Crippen LogP contribution is -2.21. The summed E-state index contributed by atoms with van der Waals surface area (Å²) in [6.45, 7) is 0. The molecule has 0 fully saturated rings. The Balaban J connectivity index is 1.93. The van der Waals surface area contributed by atoms with Crippen LogP contribution in [-0.4, -0.2) is 27.5 Å². The minimum absolute atomic E-state index is 0.151. The van der Waals surface area contributed by atoms with E-state index < -0.39 is 17.2 Å². The Kier molecular flexibility index (Phi) is 3.85. The van der Waals surface area contributed by atoms with E-state index in [9.17, 15) is 8.42 Å². The fraction of sp³-hybridized carbons (Fsp3) is 0.118. The normalized spacial score (nSPS) is 13.4. The van der Waals surface area contributed by atoms with Gasteiger partial charge in [-0.3, -0.25) is 9.71 Å². The number of nitrogens with two attached hydrogens (primary N) is 1. The van der Waals surface area contributed by atoms with Crippen molar-refractivity contribution in [2.75, 3.05) is 18.9 Å². The molecule has 0 aliphatic rings. The number of methoxy groups -OCH3 is 2. The number of anilines is 1. The van der Waals surface area contributed by atoms with E-state index in [-0.39, 0.29) is 17.2 Å². The van der Waals surface area contributed by atoms with E-state index in [1.165, 1.54) is 43.6 Å². The number of nitrogens with zero attached hydrogens (tertiary/aromatic N) is 1. The average Bonchev–Trinajstić information content (AvgIpc) is 2.60. The number of hydrogen-bond donors (Lipinski definition) is 2. The minimum atomic E-state index is -3.93. The third kappa shape index (κ3) is 3.95. The van der Waals surface area contributed by atoms with Crippen LogP contribution in [0, 0.1) is 0 Å². The molecule has 0 atom stereocenters. The first kappa shape index (κ1) is 14.2. The highest BCUT2D eigenvalue weighted by Crippen LogP contribution is 2.37. The zero-order valence-corrected chi connectivity index (χ0v) is 14.4. The number of rotatable bonds is 6. The summed E-state index contributed by atoms with van der Waals surface area (Å²) >= 11 is 0. The zero-order chi connectivity index (χ0) is 21.2. The van der Waals surface area contributed by atoms with E-state index in [2.05, 4.69) is 9.71 Å². The molecule has 0 saturated heterocycles. The van der Waals surface area contributed by atoms with Gasteiger partial charge in [-0.05, 0) is 30.3 Å². The molecule has 26 heavy (non-hydrogen) atoms. The lowest BCUT2D eigenvalue weighted by Gasteiger charge is -2.14. The third-order valence-corrected chi connectivity index (χ3v) is 3.96. The van der Waals surface area contributed by atoms with Crippen LogP contribution in [0.5, 0.6) is 23.0 Å². The number of aromatic nitrogens is 1. The summed E-state index contributed by atoms with van der Waals surface area (Å²) in [6.07, 6.45) is 1.50. The molecule has 3 aromatic rings. The SMILES string of the molecule is [2H]C([2H])([2H])Oc1ccc2c(Oc3ccc(NS(N)(=O)=O)cc3OC)ccnc2c1. The number of hydrogen-bond acceptors (Lipinski definition) is 6. The van der Waals surface area contributed by atoms with Crippen LogP contribution in [0.2, 0.25) is 0 Å². The van der Waals surface area contributed by atoms with Crippen molar-refractivity contribution in [1.29, 1.82) is 0 Å². The Bertz CT molecular complexity index is 1150. The minimum Gasteiger partial charge on any atom is -0.497 e. The Labute approximate surface area is 154 Å². The van der Waals surface area contributed by atoms with Gasteiger partial charge in [0.1, 0.15) is 11.5 Å². The second-order valence-electron chi connectivity index (χ2n) is 5.20. The van der Waals surface area contributed by atoms with Crippen LogP contribution in [0.1, 0.15) is 4.11 Å². The molecule has 0 aliphatic heterocycles. The van der Waals surface area contributed by atoms with Gasteiger partial charge in [0, 0.05) is 23.7 Å². The smallest absolute Gasteiger partial charge is 0.296 e. The Morgan fingerprint density at radius 2 is 1.92 bits per heavy atom. The Hall–Kier alpha value is -3.04. The van der Waals surface area contributed by atoms with Gasteiger partial charge in [-0.2, -0.15) is 8.42 Å². The number of ether oxygens (including phenoxy) is 3. The maximum atomic E-state index is 11.2. The molecule has 0 unspecified atom stereocenters. The van der Waals surface area contributed by atoms with Crippen LogP contribution in [0.3, 0.4) is 0 Å². The Morgan fingerprint density at radius 1 is 1.08 bits per heavy atom. The number of benzene rings is 2. The molecule has 3 N–H and O–H groups in total. The molecule has 8 nitrogen and oxygen atoms in total. The molecule has 0 saturated carbocycles. The summed E-state index contributed by atoms with van der Waals surface area (Å²) < 4.78 is 62.1. The number of fused-ring (bicyclic) bond motifs is 1. The van der Waals surface area contributed by atoms with E-state index in [0.29, 0.717) is 22.4 Å². The molecule has 0 aliphatic carbocycles. The molecule has 2 aromatic carbocycles. The van der Waals surface area contributed by atoms with Gasteiger partial charge in [0.2, 0.25) is 0 Å². The van der Waals surface area contributed by atoms with E-state index in [1.54, 1.807) is 12.1 Å². The van der Waals surface area contributed by atoms with E-state index in [0.717, 1.165) is 0 Å². The van der Waals surface area contributed by atoms with Crippen LogP contribution in [0.4, 0.5) is 5.69 Å². The Morgan fingerprint density at radius 3 is 2.65 bits per heavy atom. The molecule has 0 radical (unpaired) electrons. The van der Waals surface area contributed by atoms with Gasteiger partial charge < -0.3 is 14.2 Å². The second-order valence-corrected chi connectivity index (χ2v) is 6.50. The number of pyridine rings is 1. The standard InChI is InChI=1S/C17H17N3O5S/c1-23-12-4-5-13-14(10-12)19-8-7-15(13)25-16-6-3-11(9-17(16)24-2)20-26(18,21)22/h3-10,20H,1-2H3,(H2,18,21,22)/i1D3. The predicted octanol–water partition coefficient (Wildman–Crippen LogP) is 2.66. The maximum absolute atomic E-state index is 11.2. The van der Waals surface area contributed by atoms with Crippen molar-refractivity contribution in [3.63, 3.8) is 0 Å². The molecule has 0 spiro atoms. The third-order valence-electron chi connectivity index (χ3n) is 3.44. The van der Waals surface area contributed by atoms with Crippen LogP contribution in [0.25, 0.3) is 10.9 Å². The van der Waals surface area contributed by atoms with Crippen LogP contribution < -0.4 is 24.1 Å². The van der Waals surface area contributed by atoms with Crippen molar-refractivity contribution < 1.29 is 26.7 Å². The molecule has 9 heteroatoms. The summed E-state index contributed by atoms with van der Waals surface area (Å²) in [7, 11) is -5.09. The summed E-state index contributed by atoms with van der Waals surface area (Å²) in [6, 6.07) is 10.7. The summed E-state index contributed by atoms with van der Waals surface area (Å²) in [5, 5.41) is 5.58. The van der Waals surface area contributed by atoms with Crippen molar-refractivity contribution in [3.05, 3.63) is 48.7 Å². The van der Waals surface area contributed by atoms with E-state index >= 15 is 0 Å². The quantitative estimate of drug-likeness (QED) is 0.682. The first-order valence-electron chi connectivity index (χ1n) is 8.78. The molecule has 136 valence electrons. The van der Waals surface area contributed by atoms with Gasteiger partial charge >= 0.3 is 0 Å². The first-order chi connectivity index (χ1) is 13.5. The highest BCUT2D eigenvalue weighted by molar-refractivity contribution is 7.90. The van der Waals surface area contributed by atoms with Crippen molar-refractivity contribution in [2.24, 2.45) is 5.14 Å². The largest absolute Gasteiger partial charge is 0.497 e. The van der Waals surface area contributed by atoms with Gasteiger partial charge in [-0.1, -0.05) is 0 Å². The van der Waals surface area contributed by atoms with Crippen LogP contribution in [0.15, 0.2) is 48.7 Å².